The highest BCUT2D eigenvalue weighted by Crippen LogP contribution is 2.22. The number of aliphatic imine (C=N–C) groups is 1. The Balaban J connectivity index is 0.00000338. The molecule has 1 aliphatic rings. The van der Waals surface area contributed by atoms with Crippen LogP contribution < -0.4 is 15.4 Å². The second kappa shape index (κ2) is 11.9. The van der Waals surface area contributed by atoms with Crippen LogP contribution >= 0.6 is 24.0 Å². The van der Waals surface area contributed by atoms with Gasteiger partial charge in [0.2, 0.25) is 11.8 Å². The van der Waals surface area contributed by atoms with Crippen molar-refractivity contribution >= 4 is 35.8 Å². The number of amides is 1. The standard InChI is InChI=1S/C18H29N5O2.HI/c1-4-19-18(22-13-17(24)23(2)3)21-12-14-9-10-16(20-11-14)25-15-7-5-6-8-15;/h9-11,15H,4-8,12-13H2,1-3H3,(H2,19,21,22);1H. The van der Waals surface area contributed by atoms with Gasteiger partial charge < -0.3 is 20.3 Å². The zero-order chi connectivity index (χ0) is 18.1. The van der Waals surface area contributed by atoms with E-state index < -0.39 is 0 Å². The van der Waals surface area contributed by atoms with E-state index in [4.69, 9.17) is 4.74 Å². The van der Waals surface area contributed by atoms with Crippen LogP contribution in [-0.4, -0.2) is 55.0 Å². The Morgan fingerprint density at radius 3 is 2.62 bits per heavy atom. The van der Waals surface area contributed by atoms with Crippen molar-refractivity contribution in [1.82, 2.24) is 20.5 Å². The number of rotatable bonds is 7. The summed E-state index contributed by atoms with van der Waals surface area (Å²) in [5, 5.41) is 6.16. The zero-order valence-electron chi connectivity index (χ0n) is 15.8. The van der Waals surface area contributed by atoms with Crippen molar-refractivity contribution in [2.75, 3.05) is 27.2 Å². The van der Waals surface area contributed by atoms with E-state index in [0.717, 1.165) is 24.9 Å². The number of nitrogens with one attached hydrogen (secondary N) is 2. The van der Waals surface area contributed by atoms with Crippen LogP contribution in [0.2, 0.25) is 0 Å². The predicted octanol–water partition coefficient (Wildman–Crippen LogP) is 2.16. The minimum atomic E-state index is 0. The third-order valence-electron chi connectivity index (χ3n) is 4.06. The van der Waals surface area contributed by atoms with Crippen LogP contribution in [-0.2, 0) is 11.3 Å². The largest absolute Gasteiger partial charge is 0.474 e. The fourth-order valence-corrected chi connectivity index (χ4v) is 2.58. The monoisotopic (exact) mass is 475 g/mol. The smallest absolute Gasteiger partial charge is 0.241 e. The summed E-state index contributed by atoms with van der Waals surface area (Å²) in [6.07, 6.45) is 6.84. The summed E-state index contributed by atoms with van der Waals surface area (Å²) < 4.78 is 5.87. The van der Waals surface area contributed by atoms with Gasteiger partial charge in [0.05, 0.1) is 13.1 Å². The molecule has 7 nitrogen and oxygen atoms in total. The van der Waals surface area contributed by atoms with E-state index in [2.05, 4.69) is 20.6 Å². The van der Waals surface area contributed by atoms with Crippen LogP contribution in [0.4, 0.5) is 0 Å². The van der Waals surface area contributed by atoms with Crippen molar-refractivity contribution in [3.63, 3.8) is 0 Å². The van der Waals surface area contributed by atoms with Crippen LogP contribution in [0.3, 0.4) is 0 Å². The van der Waals surface area contributed by atoms with Gasteiger partial charge in [0.1, 0.15) is 6.10 Å². The van der Waals surface area contributed by atoms with Crippen LogP contribution in [0, 0.1) is 0 Å². The van der Waals surface area contributed by atoms with Gasteiger partial charge in [0.15, 0.2) is 5.96 Å². The molecule has 146 valence electrons. The van der Waals surface area contributed by atoms with Gasteiger partial charge in [-0.15, -0.1) is 24.0 Å². The van der Waals surface area contributed by atoms with E-state index in [-0.39, 0.29) is 36.4 Å². The Bertz CT molecular complexity index is 571. The maximum absolute atomic E-state index is 11.7. The molecule has 2 rings (SSSR count). The van der Waals surface area contributed by atoms with Crippen molar-refractivity contribution in [2.24, 2.45) is 4.99 Å². The first-order valence-electron chi connectivity index (χ1n) is 8.92. The molecule has 0 saturated heterocycles. The minimum absolute atomic E-state index is 0. The van der Waals surface area contributed by atoms with Crippen LogP contribution in [0.15, 0.2) is 23.3 Å². The number of nitrogens with zero attached hydrogens (tertiary/aromatic N) is 3. The van der Waals surface area contributed by atoms with Crippen LogP contribution in [0.5, 0.6) is 5.88 Å². The molecule has 0 radical (unpaired) electrons. The third-order valence-corrected chi connectivity index (χ3v) is 4.06. The Kier molecular flexibility index (Phi) is 10.3. The zero-order valence-corrected chi connectivity index (χ0v) is 18.2. The lowest BCUT2D eigenvalue weighted by Crippen LogP contribution is -2.42. The average molecular weight is 475 g/mol. The van der Waals surface area contributed by atoms with Gasteiger partial charge in [-0.25, -0.2) is 9.98 Å². The first-order chi connectivity index (χ1) is 12.1. The first-order valence-corrected chi connectivity index (χ1v) is 8.92. The van der Waals surface area contributed by atoms with Gasteiger partial charge in [0.25, 0.3) is 0 Å². The molecular formula is C18H30IN5O2. The van der Waals surface area contributed by atoms with Gasteiger partial charge in [0, 0.05) is 32.9 Å². The quantitative estimate of drug-likeness (QED) is 0.359. The molecule has 8 heteroatoms. The molecule has 0 bridgehead atoms. The number of guanidine groups is 1. The molecule has 1 saturated carbocycles. The van der Waals surface area contributed by atoms with E-state index in [1.165, 1.54) is 12.8 Å². The van der Waals surface area contributed by atoms with Crippen LogP contribution in [0.25, 0.3) is 0 Å². The Morgan fingerprint density at radius 1 is 1.31 bits per heavy atom. The van der Waals surface area contributed by atoms with E-state index in [0.29, 0.717) is 24.5 Å². The number of hydrogen-bond acceptors (Lipinski definition) is 4. The summed E-state index contributed by atoms with van der Waals surface area (Å²) in [4.78, 5) is 22.1. The predicted molar refractivity (Wildman–Crippen MR) is 114 cm³/mol. The molecule has 0 unspecified atom stereocenters. The SMILES string of the molecule is CCNC(=NCc1ccc(OC2CCCC2)nc1)NCC(=O)N(C)C.I. The van der Waals surface area contributed by atoms with Crippen molar-refractivity contribution in [2.45, 2.75) is 45.3 Å². The normalized spacial score (nSPS) is 14.5. The number of halogens is 1. The van der Waals surface area contributed by atoms with Gasteiger partial charge in [-0.3, -0.25) is 4.79 Å². The number of carbonyl (C=O) groups excluding carboxylic acids is 1. The fraction of sp³-hybridized carbons (Fsp3) is 0.611. The molecule has 1 heterocycles. The molecule has 0 atom stereocenters. The summed E-state index contributed by atoms with van der Waals surface area (Å²) in [5.41, 5.74) is 0.995. The molecule has 1 aromatic rings. The Hall–Kier alpha value is -1.58. The maximum atomic E-state index is 11.7. The van der Waals surface area contributed by atoms with E-state index in [1.54, 1.807) is 25.2 Å². The Labute approximate surface area is 173 Å². The molecule has 1 aromatic heterocycles. The van der Waals surface area contributed by atoms with E-state index >= 15 is 0 Å². The number of pyridine rings is 1. The van der Waals surface area contributed by atoms with Gasteiger partial charge in [-0.1, -0.05) is 6.07 Å². The van der Waals surface area contributed by atoms with E-state index in [9.17, 15) is 4.79 Å². The molecule has 1 fully saturated rings. The first kappa shape index (κ1) is 22.5. The second-order valence-electron chi connectivity index (χ2n) is 6.37. The number of aromatic nitrogens is 1. The van der Waals surface area contributed by atoms with Crippen molar-refractivity contribution < 1.29 is 9.53 Å². The van der Waals surface area contributed by atoms with E-state index in [1.807, 2.05) is 19.1 Å². The molecule has 0 aromatic carbocycles. The molecule has 0 spiro atoms. The number of hydrogen-bond donors (Lipinski definition) is 2. The molecule has 0 aliphatic heterocycles. The summed E-state index contributed by atoms with van der Waals surface area (Å²) in [5.74, 6) is 1.30. The lowest BCUT2D eigenvalue weighted by molar-refractivity contribution is -0.127. The highest BCUT2D eigenvalue weighted by atomic mass is 127. The number of carbonyl (C=O) groups is 1. The highest BCUT2D eigenvalue weighted by molar-refractivity contribution is 14.0. The Morgan fingerprint density at radius 2 is 2.04 bits per heavy atom. The minimum Gasteiger partial charge on any atom is -0.474 e. The number of ether oxygens (including phenoxy) is 1. The molecule has 1 aliphatic carbocycles. The second-order valence-corrected chi connectivity index (χ2v) is 6.37. The van der Waals surface area contributed by atoms with Crippen LogP contribution in [0.1, 0.15) is 38.2 Å². The third kappa shape index (κ3) is 7.76. The summed E-state index contributed by atoms with van der Waals surface area (Å²) in [6, 6.07) is 3.88. The van der Waals surface area contributed by atoms with Gasteiger partial charge in [-0.05, 0) is 38.2 Å². The van der Waals surface area contributed by atoms with Crippen molar-refractivity contribution in [3.8, 4) is 5.88 Å². The molecular weight excluding hydrogens is 445 g/mol. The van der Waals surface area contributed by atoms with Gasteiger partial charge >= 0.3 is 0 Å². The lowest BCUT2D eigenvalue weighted by atomic mass is 10.3. The topological polar surface area (TPSA) is 78.9 Å². The number of likely N-dealkylation sites (N-methyl/N-ethyl adjacent to an activating group) is 1. The fourth-order valence-electron chi connectivity index (χ4n) is 2.58. The average Bonchev–Trinajstić information content (AvgIpc) is 3.11. The molecule has 2 N–H and O–H groups in total. The summed E-state index contributed by atoms with van der Waals surface area (Å²) >= 11 is 0. The van der Waals surface area contributed by atoms with Gasteiger partial charge in [-0.2, -0.15) is 0 Å². The van der Waals surface area contributed by atoms with Crippen molar-refractivity contribution in [3.05, 3.63) is 23.9 Å². The summed E-state index contributed by atoms with van der Waals surface area (Å²) in [6.45, 7) is 3.42. The molecule has 26 heavy (non-hydrogen) atoms. The highest BCUT2D eigenvalue weighted by Gasteiger charge is 2.16. The lowest BCUT2D eigenvalue weighted by Gasteiger charge is -2.14. The molecule has 1 amide bonds. The maximum Gasteiger partial charge on any atom is 0.241 e. The van der Waals surface area contributed by atoms with Crippen molar-refractivity contribution in [1.29, 1.82) is 0 Å². The summed E-state index contributed by atoms with van der Waals surface area (Å²) in [7, 11) is 3.46.